The Morgan fingerprint density at radius 3 is 3.00 bits per heavy atom. The van der Waals surface area contributed by atoms with E-state index in [0.29, 0.717) is 36.4 Å². The molecule has 6 heteroatoms. The van der Waals surface area contributed by atoms with E-state index in [1.807, 2.05) is 16.3 Å². The second-order valence-corrected chi connectivity index (χ2v) is 6.54. The number of carbonyl (C=O) groups excluding carboxylic acids is 1. The maximum Gasteiger partial charge on any atom is 0.223 e. The summed E-state index contributed by atoms with van der Waals surface area (Å²) in [5, 5.41) is 2.85. The Morgan fingerprint density at radius 2 is 2.30 bits per heavy atom. The van der Waals surface area contributed by atoms with Crippen molar-refractivity contribution in [3.05, 3.63) is 17.3 Å². The molecule has 1 saturated heterocycles. The maximum atomic E-state index is 12.0. The van der Waals surface area contributed by atoms with Gasteiger partial charge in [-0.2, -0.15) is 0 Å². The van der Waals surface area contributed by atoms with Crippen LogP contribution in [0.4, 0.5) is 5.82 Å². The minimum absolute atomic E-state index is 0.192. The minimum atomic E-state index is 0.192. The van der Waals surface area contributed by atoms with Gasteiger partial charge in [-0.25, -0.2) is 9.97 Å². The van der Waals surface area contributed by atoms with Crippen LogP contribution < -0.4 is 5.73 Å². The van der Waals surface area contributed by atoms with Crippen molar-refractivity contribution in [3.8, 4) is 0 Å². The zero-order chi connectivity index (χ0) is 14.3. The fourth-order valence-electron chi connectivity index (χ4n) is 2.57. The summed E-state index contributed by atoms with van der Waals surface area (Å²) in [6.07, 6.45) is 0.633. The summed E-state index contributed by atoms with van der Waals surface area (Å²) in [5.74, 6) is 2.28. The molecule has 0 bridgehead atoms. The Balaban J connectivity index is 1.81. The Labute approximate surface area is 121 Å². The second-order valence-electron chi connectivity index (χ2n) is 5.65. The molecule has 2 aromatic rings. The van der Waals surface area contributed by atoms with Crippen molar-refractivity contribution in [1.29, 1.82) is 0 Å². The van der Waals surface area contributed by atoms with Gasteiger partial charge in [0.05, 0.1) is 11.9 Å². The van der Waals surface area contributed by atoms with Crippen LogP contribution in [0.25, 0.3) is 10.2 Å². The summed E-state index contributed by atoms with van der Waals surface area (Å²) in [7, 11) is 0. The monoisotopic (exact) mass is 290 g/mol. The second kappa shape index (κ2) is 5.01. The molecule has 1 aliphatic rings. The highest BCUT2D eigenvalue weighted by molar-refractivity contribution is 7.16. The largest absolute Gasteiger partial charge is 0.383 e. The van der Waals surface area contributed by atoms with Gasteiger partial charge in [-0.3, -0.25) is 4.79 Å². The van der Waals surface area contributed by atoms with Crippen LogP contribution in [0.3, 0.4) is 0 Å². The average Bonchev–Trinajstić information content (AvgIpc) is 2.97. The molecule has 2 aromatic heterocycles. The zero-order valence-electron chi connectivity index (χ0n) is 11.7. The molecule has 0 aromatic carbocycles. The topological polar surface area (TPSA) is 72.1 Å². The van der Waals surface area contributed by atoms with Gasteiger partial charge in [-0.15, -0.1) is 11.3 Å². The highest BCUT2D eigenvalue weighted by Crippen LogP contribution is 2.27. The first-order chi connectivity index (χ1) is 9.54. The van der Waals surface area contributed by atoms with Gasteiger partial charge in [0.1, 0.15) is 10.6 Å². The Hall–Kier alpha value is -1.69. The molecular formula is C14H18N4OS. The quantitative estimate of drug-likeness (QED) is 0.941. The van der Waals surface area contributed by atoms with Crippen molar-refractivity contribution in [2.75, 3.05) is 12.3 Å². The Bertz CT molecular complexity index is 652. The molecule has 1 aliphatic heterocycles. The fraction of sp³-hybridized carbons (Fsp3) is 0.500. The number of likely N-dealkylation sites (tertiary alicyclic amines) is 1. The molecule has 2 N–H and O–H groups in total. The molecule has 5 nitrogen and oxygen atoms in total. The van der Waals surface area contributed by atoms with E-state index in [-0.39, 0.29) is 5.91 Å². The number of hydrogen-bond donors (Lipinski definition) is 1. The lowest BCUT2D eigenvalue weighted by molar-refractivity contribution is -0.128. The average molecular weight is 290 g/mol. The van der Waals surface area contributed by atoms with Crippen LogP contribution in [0, 0.1) is 11.8 Å². The minimum Gasteiger partial charge on any atom is -0.383 e. The smallest absolute Gasteiger partial charge is 0.223 e. The van der Waals surface area contributed by atoms with Crippen molar-refractivity contribution < 1.29 is 4.79 Å². The van der Waals surface area contributed by atoms with Gasteiger partial charge in [0, 0.05) is 13.0 Å². The van der Waals surface area contributed by atoms with Crippen molar-refractivity contribution in [3.63, 3.8) is 0 Å². The number of anilines is 1. The SMILES string of the molecule is CC(C)C1CC(=O)N(Cc2nc(N)c3ccsc3n2)C1. The third kappa shape index (κ3) is 2.35. The van der Waals surface area contributed by atoms with Crippen LogP contribution >= 0.6 is 11.3 Å². The van der Waals surface area contributed by atoms with E-state index in [1.165, 1.54) is 0 Å². The number of hydrogen-bond acceptors (Lipinski definition) is 5. The van der Waals surface area contributed by atoms with Crippen LogP contribution in [-0.4, -0.2) is 27.3 Å². The highest BCUT2D eigenvalue weighted by atomic mass is 32.1. The number of amides is 1. The maximum absolute atomic E-state index is 12.0. The van der Waals surface area contributed by atoms with Crippen molar-refractivity contribution >= 4 is 33.3 Å². The predicted molar refractivity (Wildman–Crippen MR) is 80.2 cm³/mol. The molecule has 0 saturated carbocycles. The fourth-order valence-corrected chi connectivity index (χ4v) is 3.36. The van der Waals surface area contributed by atoms with E-state index < -0.39 is 0 Å². The molecule has 1 amide bonds. The zero-order valence-corrected chi connectivity index (χ0v) is 12.5. The molecule has 3 rings (SSSR count). The van der Waals surface area contributed by atoms with E-state index in [2.05, 4.69) is 23.8 Å². The molecule has 20 heavy (non-hydrogen) atoms. The van der Waals surface area contributed by atoms with Gasteiger partial charge in [-0.05, 0) is 23.3 Å². The summed E-state index contributed by atoms with van der Waals surface area (Å²) in [6, 6.07) is 1.93. The molecule has 1 unspecified atom stereocenters. The van der Waals surface area contributed by atoms with Gasteiger partial charge in [-0.1, -0.05) is 13.8 Å². The molecule has 1 fully saturated rings. The Morgan fingerprint density at radius 1 is 1.50 bits per heavy atom. The van der Waals surface area contributed by atoms with E-state index in [0.717, 1.165) is 16.8 Å². The lowest BCUT2D eigenvalue weighted by Crippen LogP contribution is -2.26. The number of thiophene rings is 1. The number of fused-ring (bicyclic) bond motifs is 1. The van der Waals surface area contributed by atoms with Gasteiger partial charge < -0.3 is 10.6 Å². The lowest BCUT2D eigenvalue weighted by Gasteiger charge is -2.17. The summed E-state index contributed by atoms with van der Waals surface area (Å²) < 4.78 is 0. The first-order valence-electron chi connectivity index (χ1n) is 6.82. The van der Waals surface area contributed by atoms with Crippen LogP contribution in [0.5, 0.6) is 0 Å². The predicted octanol–water partition coefficient (Wildman–Crippen LogP) is 2.28. The normalized spacial score (nSPS) is 19.4. The molecule has 1 atom stereocenters. The van der Waals surface area contributed by atoms with Crippen molar-refractivity contribution in [2.24, 2.45) is 11.8 Å². The first kappa shape index (κ1) is 13.3. The van der Waals surface area contributed by atoms with Crippen LogP contribution in [0.2, 0.25) is 0 Å². The molecule has 0 spiro atoms. The molecule has 3 heterocycles. The third-order valence-corrected chi connectivity index (χ3v) is 4.73. The number of aromatic nitrogens is 2. The van der Waals surface area contributed by atoms with Crippen molar-refractivity contribution in [2.45, 2.75) is 26.8 Å². The summed E-state index contributed by atoms with van der Waals surface area (Å²) >= 11 is 1.55. The van der Waals surface area contributed by atoms with E-state index in [9.17, 15) is 4.79 Å². The van der Waals surface area contributed by atoms with Crippen LogP contribution in [0.1, 0.15) is 26.1 Å². The summed E-state index contributed by atoms with van der Waals surface area (Å²) in [6.45, 7) is 5.57. The number of nitrogens with two attached hydrogens (primary N) is 1. The summed E-state index contributed by atoms with van der Waals surface area (Å²) in [5.41, 5.74) is 5.94. The van der Waals surface area contributed by atoms with Gasteiger partial charge >= 0.3 is 0 Å². The van der Waals surface area contributed by atoms with Crippen LogP contribution in [-0.2, 0) is 11.3 Å². The highest BCUT2D eigenvalue weighted by Gasteiger charge is 2.31. The van der Waals surface area contributed by atoms with Crippen molar-refractivity contribution in [1.82, 2.24) is 14.9 Å². The Kier molecular flexibility index (Phi) is 3.33. The van der Waals surface area contributed by atoms with E-state index in [4.69, 9.17) is 5.73 Å². The van der Waals surface area contributed by atoms with Crippen LogP contribution in [0.15, 0.2) is 11.4 Å². The number of rotatable bonds is 3. The molecule has 106 valence electrons. The molecule has 0 aliphatic carbocycles. The lowest BCUT2D eigenvalue weighted by atomic mass is 9.95. The van der Waals surface area contributed by atoms with E-state index >= 15 is 0 Å². The number of nitrogen functional groups attached to an aromatic ring is 1. The molecule has 0 radical (unpaired) electrons. The van der Waals surface area contributed by atoms with Gasteiger partial charge in [0.2, 0.25) is 5.91 Å². The van der Waals surface area contributed by atoms with E-state index in [1.54, 1.807) is 11.3 Å². The third-order valence-electron chi connectivity index (χ3n) is 3.92. The standard InChI is InChI=1S/C14H18N4OS/c1-8(2)9-5-12(19)18(6-9)7-11-16-13(15)10-3-4-20-14(10)17-11/h3-4,8-9H,5-7H2,1-2H3,(H2,15,16,17). The summed E-state index contributed by atoms with van der Waals surface area (Å²) in [4.78, 5) is 23.6. The first-order valence-corrected chi connectivity index (χ1v) is 7.70. The van der Waals surface area contributed by atoms with Gasteiger partial charge in [0.25, 0.3) is 0 Å². The number of nitrogens with zero attached hydrogens (tertiary/aromatic N) is 3. The molecular weight excluding hydrogens is 272 g/mol. The number of carbonyl (C=O) groups is 1. The van der Waals surface area contributed by atoms with Gasteiger partial charge in [0.15, 0.2) is 5.82 Å².